The molecule has 19 heavy (non-hydrogen) atoms. The molecular formula is C15H15BrClNO. The second-order valence-corrected chi connectivity index (χ2v) is 5.57. The van der Waals surface area contributed by atoms with Gasteiger partial charge in [-0.25, -0.2) is 0 Å². The van der Waals surface area contributed by atoms with Gasteiger partial charge >= 0.3 is 0 Å². The molecule has 0 bridgehead atoms. The third kappa shape index (κ3) is 4.32. The fourth-order valence-corrected chi connectivity index (χ4v) is 2.25. The molecule has 100 valence electrons. The Kier molecular flexibility index (Phi) is 5.40. The van der Waals surface area contributed by atoms with Crippen molar-refractivity contribution in [3.05, 3.63) is 69.2 Å². The second kappa shape index (κ2) is 7.06. The van der Waals surface area contributed by atoms with Gasteiger partial charge in [-0.05, 0) is 39.2 Å². The van der Waals surface area contributed by atoms with Crippen molar-refractivity contribution in [2.75, 3.05) is 6.54 Å². The first kappa shape index (κ1) is 14.5. The van der Waals surface area contributed by atoms with Crippen molar-refractivity contribution in [3.63, 3.8) is 0 Å². The van der Waals surface area contributed by atoms with Crippen LogP contribution in [0.1, 0.15) is 17.2 Å². The molecule has 0 saturated heterocycles. The van der Waals surface area contributed by atoms with Crippen LogP contribution in [-0.4, -0.2) is 11.7 Å². The molecule has 0 aromatic heterocycles. The Morgan fingerprint density at radius 2 is 1.89 bits per heavy atom. The number of benzene rings is 2. The highest BCUT2D eigenvalue weighted by molar-refractivity contribution is 9.10. The summed E-state index contributed by atoms with van der Waals surface area (Å²) in [6, 6.07) is 15.5. The van der Waals surface area contributed by atoms with Crippen LogP contribution in [0.3, 0.4) is 0 Å². The Bertz CT molecular complexity index is 533. The highest BCUT2D eigenvalue weighted by Gasteiger charge is 2.06. The zero-order chi connectivity index (χ0) is 13.7. The fourth-order valence-electron chi connectivity index (χ4n) is 1.80. The van der Waals surface area contributed by atoms with E-state index in [1.54, 1.807) is 0 Å². The summed E-state index contributed by atoms with van der Waals surface area (Å²) in [4.78, 5) is 0. The van der Waals surface area contributed by atoms with Gasteiger partial charge in [-0.3, -0.25) is 0 Å². The van der Waals surface area contributed by atoms with Crippen LogP contribution in [0.15, 0.2) is 53.0 Å². The van der Waals surface area contributed by atoms with Crippen LogP contribution in [0.5, 0.6) is 0 Å². The molecule has 2 rings (SSSR count). The van der Waals surface area contributed by atoms with Crippen LogP contribution in [0, 0.1) is 0 Å². The van der Waals surface area contributed by atoms with Crippen LogP contribution < -0.4 is 5.32 Å². The van der Waals surface area contributed by atoms with Crippen molar-refractivity contribution in [2.24, 2.45) is 0 Å². The number of aliphatic hydroxyl groups is 1. The van der Waals surface area contributed by atoms with E-state index in [0.29, 0.717) is 18.1 Å². The topological polar surface area (TPSA) is 32.3 Å². The molecule has 0 heterocycles. The first-order valence-corrected chi connectivity index (χ1v) is 7.21. The van der Waals surface area contributed by atoms with Gasteiger partial charge in [-0.2, -0.15) is 0 Å². The first-order chi connectivity index (χ1) is 9.16. The van der Waals surface area contributed by atoms with E-state index in [0.717, 1.165) is 15.6 Å². The molecule has 0 fully saturated rings. The van der Waals surface area contributed by atoms with Crippen molar-refractivity contribution in [2.45, 2.75) is 12.6 Å². The summed E-state index contributed by atoms with van der Waals surface area (Å²) in [6.07, 6.45) is -0.493. The molecule has 0 saturated carbocycles. The molecule has 2 aromatic rings. The Morgan fingerprint density at radius 3 is 2.58 bits per heavy atom. The number of nitrogens with one attached hydrogen (secondary N) is 1. The van der Waals surface area contributed by atoms with E-state index in [1.165, 1.54) is 0 Å². The van der Waals surface area contributed by atoms with E-state index in [9.17, 15) is 5.11 Å². The minimum Gasteiger partial charge on any atom is -0.387 e. The van der Waals surface area contributed by atoms with E-state index in [-0.39, 0.29) is 0 Å². The first-order valence-electron chi connectivity index (χ1n) is 6.04. The molecule has 2 nitrogen and oxygen atoms in total. The lowest BCUT2D eigenvalue weighted by Crippen LogP contribution is -2.21. The molecule has 4 heteroatoms. The zero-order valence-corrected chi connectivity index (χ0v) is 12.7. The lowest BCUT2D eigenvalue weighted by Gasteiger charge is -2.12. The van der Waals surface area contributed by atoms with Gasteiger partial charge in [-0.15, -0.1) is 0 Å². The van der Waals surface area contributed by atoms with E-state index < -0.39 is 6.10 Å². The highest BCUT2D eigenvalue weighted by Crippen LogP contribution is 2.23. The number of rotatable bonds is 5. The largest absolute Gasteiger partial charge is 0.387 e. The maximum Gasteiger partial charge on any atom is 0.0914 e. The summed E-state index contributed by atoms with van der Waals surface area (Å²) in [5.74, 6) is 0. The number of hydrogen-bond acceptors (Lipinski definition) is 2. The van der Waals surface area contributed by atoms with Crippen LogP contribution >= 0.6 is 27.5 Å². The molecular weight excluding hydrogens is 326 g/mol. The summed E-state index contributed by atoms with van der Waals surface area (Å²) in [5, 5.41) is 13.9. The predicted molar refractivity (Wildman–Crippen MR) is 82.3 cm³/mol. The molecule has 2 aromatic carbocycles. The van der Waals surface area contributed by atoms with E-state index in [2.05, 4.69) is 21.2 Å². The Labute approximate surface area is 126 Å². The van der Waals surface area contributed by atoms with Crippen molar-refractivity contribution >= 4 is 27.5 Å². The second-order valence-electron chi connectivity index (χ2n) is 4.31. The van der Waals surface area contributed by atoms with Gasteiger partial charge in [0.25, 0.3) is 0 Å². The van der Waals surface area contributed by atoms with Gasteiger partial charge in [0, 0.05) is 17.6 Å². The van der Waals surface area contributed by atoms with Crippen LogP contribution in [-0.2, 0) is 6.54 Å². The number of halogens is 2. The van der Waals surface area contributed by atoms with Crippen molar-refractivity contribution in [1.82, 2.24) is 5.32 Å². The highest BCUT2D eigenvalue weighted by atomic mass is 79.9. The molecule has 0 aliphatic rings. The molecule has 0 spiro atoms. The Balaban J connectivity index is 1.85. The van der Waals surface area contributed by atoms with Gasteiger partial charge in [0.05, 0.1) is 11.1 Å². The maximum atomic E-state index is 10.0. The van der Waals surface area contributed by atoms with E-state index in [4.69, 9.17) is 11.6 Å². The third-order valence-corrected chi connectivity index (χ3v) is 4.07. The molecule has 2 N–H and O–H groups in total. The van der Waals surface area contributed by atoms with Crippen LogP contribution in [0.25, 0.3) is 0 Å². The Hall–Kier alpha value is -0.870. The zero-order valence-electron chi connectivity index (χ0n) is 10.3. The Morgan fingerprint density at radius 1 is 1.16 bits per heavy atom. The van der Waals surface area contributed by atoms with E-state index >= 15 is 0 Å². The summed E-state index contributed by atoms with van der Waals surface area (Å²) >= 11 is 9.39. The SMILES string of the molecule is OC(CNCc1ccc(Br)c(Cl)c1)c1ccccc1. The summed E-state index contributed by atoms with van der Waals surface area (Å²) in [7, 11) is 0. The monoisotopic (exact) mass is 339 g/mol. The molecule has 0 aliphatic carbocycles. The van der Waals surface area contributed by atoms with Gasteiger partial charge in [0.2, 0.25) is 0 Å². The minimum atomic E-state index is -0.493. The number of hydrogen-bond donors (Lipinski definition) is 2. The smallest absolute Gasteiger partial charge is 0.0914 e. The van der Waals surface area contributed by atoms with Gasteiger partial charge in [-0.1, -0.05) is 48.0 Å². The van der Waals surface area contributed by atoms with E-state index in [1.807, 2.05) is 48.5 Å². The average molecular weight is 341 g/mol. The standard InChI is InChI=1S/C15H15BrClNO/c16-13-7-6-11(8-14(13)17)9-18-10-15(19)12-4-2-1-3-5-12/h1-8,15,18-19H,9-10H2. The molecule has 0 amide bonds. The summed E-state index contributed by atoms with van der Waals surface area (Å²) in [6.45, 7) is 1.19. The average Bonchev–Trinajstić information content (AvgIpc) is 2.43. The normalized spacial score (nSPS) is 12.4. The van der Waals surface area contributed by atoms with Gasteiger partial charge < -0.3 is 10.4 Å². The van der Waals surface area contributed by atoms with Crippen LogP contribution in [0.4, 0.5) is 0 Å². The lowest BCUT2D eigenvalue weighted by molar-refractivity contribution is 0.174. The maximum absolute atomic E-state index is 10.0. The number of aliphatic hydroxyl groups excluding tert-OH is 1. The summed E-state index contributed by atoms with van der Waals surface area (Å²) in [5.41, 5.74) is 2.01. The minimum absolute atomic E-state index is 0.493. The van der Waals surface area contributed by atoms with Crippen molar-refractivity contribution in [1.29, 1.82) is 0 Å². The quantitative estimate of drug-likeness (QED) is 0.864. The third-order valence-electron chi connectivity index (χ3n) is 2.84. The molecule has 1 unspecified atom stereocenters. The van der Waals surface area contributed by atoms with Crippen LogP contribution in [0.2, 0.25) is 5.02 Å². The predicted octanol–water partition coefficient (Wildman–Crippen LogP) is 3.93. The van der Waals surface area contributed by atoms with Gasteiger partial charge in [0.15, 0.2) is 0 Å². The molecule has 0 aliphatic heterocycles. The fraction of sp³-hybridized carbons (Fsp3) is 0.200. The summed E-state index contributed by atoms with van der Waals surface area (Å²) < 4.78 is 0.891. The molecule has 1 atom stereocenters. The van der Waals surface area contributed by atoms with Crippen molar-refractivity contribution in [3.8, 4) is 0 Å². The van der Waals surface area contributed by atoms with Gasteiger partial charge in [0.1, 0.15) is 0 Å². The lowest BCUT2D eigenvalue weighted by atomic mass is 10.1. The van der Waals surface area contributed by atoms with Crippen molar-refractivity contribution < 1.29 is 5.11 Å². The molecule has 0 radical (unpaired) electrons.